The minimum atomic E-state index is -0.737. The molecule has 1 aromatic carbocycles. The molecule has 0 saturated carbocycles. The second kappa shape index (κ2) is 6.66. The highest BCUT2D eigenvalue weighted by Gasteiger charge is 2.56. The van der Waals surface area contributed by atoms with Crippen LogP contribution in [0.2, 0.25) is 5.02 Å². The van der Waals surface area contributed by atoms with Crippen LogP contribution in [0.1, 0.15) is 31.5 Å². The molecule has 3 heterocycles. The fourth-order valence-electron chi connectivity index (χ4n) is 4.26. The van der Waals surface area contributed by atoms with Gasteiger partial charge in [0.2, 0.25) is 17.7 Å². The Kier molecular flexibility index (Phi) is 4.18. The third-order valence-electron chi connectivity index (χ3n) is 5.41. The smallest absolute Gasteiger partial charge is 0.327 e. The van der Waals surface area contributed by atoms with Gasteiger partial charge >= 0.3 is 6.03 Å². The number of hydrogen-bond donors (Lipinski definition) is 1. The van der Waals surface area contributed by atoms with Crippen LogP contribution in [0, 0.1) is 18.8 Å². The van der Waals surface area contributed by atoms with Crippen LogP contribution in [0.25, 0.3) is 5.69 Å². The number of anilines is 1. The highest BCUT2D eigenvalue weighted by Crippen LogP contribution is 2.53. The Morgan fingerprint density at radius 3 is 2.90 bits per heavy atom. The number of halogens is 2. The fraction of sp³-hybridized carbons (Fsp3) is 0.300. The van der Waals surface area contributed by atoms with Crippen molar-refractivity contribution in [2.24, 2.45) is 5.92 Å². The first-order valence-corrected chi connectivity index (χ1v) is 9.88. The van der Waals surface area contributed by atoms with Crippen LogP contribution >= 0.6 is 11.6 Å². The maximum Gasteiger partial charge on any atom is 0.327 e. The zero-order valence-electron chi connectivity index (χ0n) is 16.3. The maximum absolute atomic E-state index is 13.3. The molecule has 2 atom stereocenters. The van der Waals surface area contributed by atoms with Crippen LogP contribution in [-0.2, 0) is 5.54 Å². The van der Waals surface area contributed by atoms with E-state index in [1.165, 1.54) is 16.9 Å². The number of hydrogen-bond acceptors (Lipinski definition) is 5. The molecule has 1 N–H and O–H groups in total. The fourth-order valence-corrected chi connectivity index (χ4v) is 4.47. The Balaban J connectivity index is 1.44. The number of urea groups is 1. The maximum atomic E-state index is 13.3. The number of carbonyl (C=O) groups excluding carboxylic acids is 1. The van der Waals surface area contributed by atoms with E-state index in [9.17, 15) is 9.18 Å². The normalized spacial score (nSPS) is 22.5. The summed E-state index contributed by atoms with van der Waals surface area (Å²) in [5.74, 6) is 0.632. The van der Waals surface area contributed by atoms with E-state index >= 15 is 0 Å². The van der Waals surface area contributed by atoms with Gasteiger partial charge in [-0.2, -0.15) is 4.39 Å². The van der Waals surface area contributed by atoms with Crippen molar-refractivity contribution < 1.29 is 13.6 Å². The summed E-state index contributed by atoms with van der Waals surface area (Å²) >= 11 is 6.23. The molecule has 8 nitrogen and oxygen atoms in total. The number of piperidine rings is 1. The van der Waals surface area contributed by atoms with Crippen molar-refractivity contribution in [3.8, 4) is 5.69 Å². The number of allylic oxidation sites excluding steroid dienone is 1. The Morgan fingerprint density at radius 2 is 2.20 bits per heavy atom. The molecule has 1 aliphatic carbocycles. The predicted octanol–water partition coefficient (Wildman–Crippen LogP) is 4.41. The zero-order chi connectivity index (χ0) is 21.0. The number of nitrogens with zero attached hydrogens (tertiary/aromatic N) is 5. The summed E-state index contributed by atoms with van der Waals surface area (Å²) in [4.78, 5) is 14.9. The number of rotatable bonds is 3. The molecular weight excluding hydrogens is 411 g/mol. The lowest BCUT2D eigenvalue weighted by atomic mass is 9.71. The topological polar surface area (TPSA) is 89.1 Å². The summed E-state index contributed by atoms with van der Waals surface area (Å²) in [5.41, 5.74) is 1.15. The minimum absolute atomic E-state index is 0.310. The van der Waals surface area contributed by atoms with E-state index in [2.05, 4.69) is 27.5 Å². The molecule has 0 radical (unpaired) electrons. The molecule has 3 aromatic rings. The van der Waals surface area contributed by atoms with Crippen molar-refractivity contribution >= 4 is 23.3 Å². The highest BCUT2D eigenvalue weighted by molar-refractivity contribution is 6.32. The third kappa shape index (κ3) is 2.88. The number of benzene rings is 1. The highest BCUT2D eigenvalue weighted by atomic mass is 35.5. The lowest BCUT2D eigenvalue weighted by molar-refractivity contribution is 0.0665. The standard InChI is InChI=1S/C20H18ClFN6O2/c1-11-7-14-10-20(9-11,18-25-24-12(2)30-18)28(14)19(29)23-13-3-4-15(21)16(8-13)27-6-5-17(22)26-27/h3-6,8,10-11H,7,9H2,1-2H3,(H,23,29)/t11-,20-/m0/s1. The first-order chi connectivity index (χ1) is 14.4. The van der Waals surface area contributed by atoms with Crippen molar-refractivity contribution in [2.75, 3.05) is 5.32 Å². The van der Waals surface area contributed by atoms with Crippen molar-refractivity contribution in [1.82, 2.24) is 24.9 Å². The summed E-state index contributed by atoms with van der Waals surface area (Å²) in [6.07, 6.45) is 4.98. The molecule has 1 aliphatic heterocycles. The number of aromatic nitrogens is 4. The number of nitrogens with one attached hydrogen (secondary N) is 1. The van der Waals surface area contributed by atoms with Crippen molar-refractivity contribution in [3.63, 3.8) is 0 Å². The molecule has 2 amide bonds. The lowest BCUT2D eigenvalue weighted by Crippen LogP contribution is -2.60. The molecule has 10 heteroatoms. The number of fused-ring (bicyclic) bond motifs is 1. The van der Waals surface area contributed by atoms with Gasteiger partial charge < -0.3 is 9.73 Å². The van der Waals surface area contributed by atoms with Crippen molar-refractivity contribution in [1.29, 1.82) is 0 Å². The number of amides is 2. The third-order valence-corrected chi connectivity index (χ3v) is 5.73. The van der Waals surface area contributed by atoms with E-state index in [1.807, 2.05) is 6.08 Å². The van der Waals surface area contributed by atoms with Crippen LogP contribution in [0.5, 0.6) is 0 Å². The van der Waals surface area contributed by atoms with Crippen molar-refractivity contribution in [3.05, 3.63) is 65.0 Å². The molecule has 0 unspecified atom stereocenters. The molecule has 2 aromatic heterocycles. The minimum Gasteiger partial charge on any atom is -0.423 e. The Morgan fingerprint density at radius 1 is 1.37 bits per heavy atom. The Bertz CT molecular complexity index is 1190. The first kappa shape index (κ1) is 18.8. The molecule has 2 aliphatic rings. The second-order valence-electron chi connectivity index (χ2n) is 7.71. The number of likely N-dealkylation sites (tertiary alicyclic amines) is 1. The largest absolute Gasteiger partial charge is 0.423 e. The second-order valence-corrected chi connectivity index (χ2v) is 8.12. The number of aryl methyl sites for hydroxylation is 1. The van der Waals surface area contributed by atoms with Gasteiger partial charge in [0.1, 0.15) is 5.54 Å². The average molecular weight is 429 g/mol. The molecule has 154 valence electrons. The van der Waals surface area contributed by atoms with Crippen LogP contribution in [0.3, 0.4) is 0 Å². The van der Waals surface area contributed by atoms with Crippen LogP contribution in [0.4, 0.5) is 14.9 Å². The summed E-state index contributed by atoms with van der Waals surface area (Å²) < 4.78 is 20.3. The Labute approximate surface area is 176 Å². The van der Waals surface area contributed by atoms with Crippen molar-refractivity contribution in [2.45, 2.75) is 32.2 Å². The SMILES string of the molecule is Cc1nnc([C@@]23C=C(C[C@H](C)C2)N3C(=O)Nc2ccc(Cl)c(-n3ccc(F)n3)c2)o1. The quantitative estimate of drug-likeness (QED) is 0.667. The van der Waals surface area contributed by atoms with Crippen LogP contribution < -0.4 is 5.32 Å². The van der Waals surface area contributed by atoms with Gasteiger partial charge in [0.05, 0.1) is 10.7 Å². The lowest BCUT2D eigenvalue weighted by Gasteiger charge is -2.53. The molecule has 0 saturated heterocycles. The predicted molar refractivity (Wildman–Crippen MR) is 107 cm³/mol. The zero-order valence-corrected chi connectivity index (χ0v) is 17.0. The van der Waals surface area contributed by atoms with Gasteiger partial charge in [0, 0.05) is 30.6 Å². The molecule has 2 bridgehead atoms. The van der Waals surface area contributed by atoms with Gasteiger partial charge in [-0.15, -0.1) is 15.3 Å². The molecule has 0 fully saturated rings. The summed E-state index contributed by atoms with van der Waals surface area (Å²) in [5, 5.41) is 15.1. The first-order valence-electron chi connectivity index (χ1n) is 9.50. The van der Waals surface area contributed by atoms with Gasteiger partial charge in [-0.05, 0) is 43.0 Å². The molecule has 5 rings (SSSR count). The number of carbonyl (C=O) groups is 1. The van der Waals surface area contributed by atoms with E-state index < -0.39 is 11.5 Å². The molecule has 30 heavy (non-hydrogen) atoms. The van der Waals surface area contributed by atoms with Gasteiger partial charge in [-0.1, -0.05) is 18.5 Å². The van der Waals surface area contributed by atoms with E-state index in [0.717, 1.165) is 12.1 Å². The summed E-state index contributed by atoms with van der Waals surface area (Å²) in [6, 6.07) is 5.87. The van der Waals surface area contributed by atoms with Gasteiger partial charge in [0.15, 0.2) is 0 Å². The van der Waals surface area contributed by atoms with E-state index in [0.29, 0.717) is 40.5 Å². The van der Waals surface area contributed by atoms with E-state index in [4.69, 9.17) is 16.0 Å². The molecule has 0 spiro atoms. The van der Waals surface area contributed by atoms with E-state index in [-0.39, 0.29) is 6.03 Å². The van der Waals surface area contributed by atoms with Crippen LogP contribution in [0.15, 0.2) is 46.7 Å². The van der Waals surface area contributed by atoms with Crippen LogP contribution in [-0.4, -0.2) is 30.9 Å². The molecular formula is C20H18ClFN6O2. The summed E-state index contributed by atoms with van der Waals surface area (Å²) in [6.45, 7) is 3.86. The van der Waals surface area contributed by atoms with Gasteiger partial charge in [-0.3, -0.25) is 4.90 Å². The van der Waals surface area contributed by atoms with E-state index in [1.54, 1.807) is 30.0 Å². The average Bonchev–Trinajstić information content (AvgIpc) is 3.31. The van der Waals surface area contributed by atoms with Gasteiger partial charge in [-0.25, -0.2) is 9.48 Å². The Hall–Kier alpha value is -3.20. The monoisotopic (exact) mass is 428 g/mol. The summed E-state index contributed by atoms with van der Waals surface area (Å²) in [7, 11) is 0. The van der Waals surface area contributed by atoms with Gasteiger partial charge in [0.25, 0.3) is 0 Å².